The minimum Gasteiger partial charge on any atom is -0.396 e. The maximum atomic E-state index is 14.9. The van der Waals surface area contributed by atoms with Gasteiger partial charge in [0.25, 0.3) is 5.56 Å². The van der Waals surface area contributed by atoms with Crippen molar-refractivity contribution in [2.45, 2.75) is 38.3 Å². The highest BCUT2D eigenvalue weighted by Gasteiger charge is 2.32. The number of hydrogen-bond acceptors (Lipinski definition) is 5. The number of aromatic nitrogens is 2. The molecule has 1 aromatic carbocycles. The molecule has 2 heterocycles. The first-order valence-electron chi connectivity index (χ1n) is 8.94. The third-order valence-corrected chi connectivity index (χ3v) is 5.57. The van der Waals surface area contributed by atoms with E-state index < -0.39 is 23.2 Å². The molecule has 26 heavy (non-hydrogen) atoms. The predicted molar refractivity (Wildman–Crippen MR) is 95.2 cm³/mol. The summed E-state index contributed by atoms with van der Waals surface area (Å²) in [5, 5.41) is 19.7. The molecule has 2 aromatic rings. The molecule has 1 aliphatic carbocycles. The van der Waals surface area contributed by atoms with E-state index in [0.29, 0.717) is 29.7 Å². The van der Waals surface area contributed by atoms with Crippen LogP contribution < -0.4 is 16.1 Å². The number of piperidine rings is 1. The predicted octanol–water partition coefficient (Wildman–Crippen LogP) is 0.652. The van der Waals surface area contributed by atoms with Crippen LogP contribution in [0.15, 0.2) is 15.7 Å². The number of aliphatic hydroxyl groups is 2. The Morgan fingerprint density at radius 3 is 2.65 bits per heavy atom. The molecule has 0 bridgehead atoms. The highest BCUT2D eigenvalue weighted by atomic mass is 19.1. The highest BCUT2D eigenvalue weighted by molar-refractivity contribution is 5.87. The number of rotatable bonds is 3. The fraction of sp³-hybridized carbons (Fsp3) is 0.556. The van der Waals surface area contributed by atoms with Gasteiger partial charge in [0.1, 0.15) is 5.82 Å². The summed E-state index contributed by atoms with van der Waals surface area (Å²) < 4.78 is 16.4. The van der Waals surface area contributed by atoms with E-state index in [4.69, 9.17) is 0 Å². The second-order valence-corrected chi connectivity index (χ2v) is 7.33. The van der Waals surface area contributed by atoms with E-state index in [1.807, 2.05) is 0 Å². The summed E-state index contributed by atoms with van der Waals surface area (Å²) in [5.41, 5.74) is 0.257. The molecular weight excluding hydrogens is 341 g/mol. The molecule has 2 aliphatic rings. The standard InChI is InChI=1S/C18H22FN3O4/c1-9-15-12(17(25)20-18(26)22(15)11-2-3-11)6-13(19)16(9)21-5-4-10(8-23)14(24)7-21/h6,10-11,14,23-24H,2-5,7-8H2,1H3,(H,20,25,26). The van der Waals surface area contributed by atoms with E-state index in [9.17, 15) is 24.2 Å². The number of aliphatic hydroxyl groups excluding tert-OH is 2. The molecule has 2 unspecified atom stereocenters. The lowest BCUT2D eigenvalue weighted by Crippen LogP contribution is -2.45. The first-order chi connectivity index (χ1) is 12.4. The Morgan fingerprint density at radius 2 is 2.04 bits per heavy atom. The Morgan fingerprint density at radius 1 is 1.31 bits per heavy atom. The van der Waals surface area contributed by atoms with Crippen molar-refractivity contribution in [3.63, 3.8) is 0 Å². The summed E-state index contributed by atoms with van der Waals surface area (Å²) >= 11 is 0. The van der Waals surface area contributed by atoms with Crippen LogP contribution in [0.2, 0.25) is 0 Å². The average Bonchev–Trinajstić information content (AvgIpc) is 3.41. The number of nitrogens with one attached hydrogen (secondary N) is 1. The third-order valence-electron chi connectivity index (χ3n) is 5.57. The number of nitrogens with zero attached hydrogens (tertiary/aromatic N) is 2. The van der Waals surface area contributed by atoms with Gasteiger partial charge in [-0.25, -0.2) is 9.18 Å². The molecule has 0 spiro atoms. The average molecular weight is 363 g/mol. The molecule has 1 saturated heterocycles. The van der Waals surface area contributed by atoms with Crippen LogP contribution in [0.4, 0.5) is 10.1 Å². The van der Waals surface area contributed by atoms with E-state index >= 15 is 0 Å². The van der Waals surface area contributed by atoms with Gasteiger partial charge in [-0.2, -0.15) is 0 Å². The molecule has 0 amide bonds. The largest absolute Gasteiger partial charge is 0.396 e. The van der Waals surface area contributed by atoms with E-state index in [0.717, 1.165) is 12.8 Å². The molecule has 1 saturated carbocycles. The van der Waals surface area contributed by atoms with Crippen molar-refractivity contribution in [3.05, 3.63) is 38.3 Å². The fourth-order valence-electron chi connectivity index (χ4n) is 4.03. The van der Waals surface area contributed by atoms with Crippen LogP contribution in [0, 0.1) is 18.7 Å². The van der Waals surface area contributed by atoms with E-state index in [1.54, 1.807) is 16.4 Å². The van der Waals surface area contributed by atoms with Gasteiger partial charge in [0, 0.05) is 37.2 Å². The van der Waals surface area contributed by atoms with Gasteiger partial charge >= 0.3 is 5.69 Å². The van der Waals surface area contributed by atoms with Crippen molar-refractivity contribution in [3.8, 4) is 0 Å². The van der Waals surface area contributed by atoms with E-state index in [-0.39, 0.29) is 30.5 Å². The molecule has 140 valence electrons. The number of hydrogen-bond donors (Lipinski definition) is 3. The summed E-state index contributed by atoms with van der Waals surface area (Å²) in [7, 11) is 0. The minimum absolute atomic E-state index is 0.0320. The second-order valence-electron chi connectivity index (χ2n) is 7.33. The van der Waals surface area contributed by atoms with Crippen LogP contribution in [0.5, 0.6) is 0 Å². The number of aromatic amines is 1. The first-order valence-corrected chi connectivity index (χ1v) is 8.94. The number of fused-ring (bicyclic) bond motifs is 1. The Labute approximate surface area is 148 Å². The first kappa shape index (κ1) is 17.2. The van der Waals surface area contributed by atoms with Crippen LogP contribution in [-0.4, -0.2) is 45.6 Å². The fourth-order valence-corrected chi connectivity index (χ4v) is 4.03. The zero-order chi connectivity index (χ0) is 18.6. The van der Waals surface area contributed by atoms with Crippen molar-refractivity contribution in [1.29, 1.82) is 0 Å². The van der Waals surface area contributed by atoms with Crippen molar-refractivity contribution in [2.24, 2.45) is 5.92 Å². The molecule has 1 aliphatic heterocycles. The van der Waals surface area contributed by atoms with Gasteiger partial charge in [0.2, 0.25) is 0 Å². The zero-order valence-corrected chi connectivity index (χ0v) is 14.5. The van der Waals surface area contributed by atoms with Crippen LogP contribution in [0.3, 0.4) is 0 Å². The zero-order valence-electron chi connectivity index (χ0n) is 14.5. The van der Waals surface area contributed by atoms with Gasteiger partial charge in [-0.1, -0.05) is 0 Å². The van der Waals surface area contributed by atoms with Crippen LogP contribution in [0.25, 0.3) is 10.9 Å². The number of halogens is 1. The number of H-pyrrole nitrogens is 1. The molecule has 2 atom stereocenters. The Kier molecular flexibility index (Phi) is 4.11. The molecule has 8 heteroatoms. The number of β-amino-alcohol motifs (C(OH)–C–C–N with tert-alkyl or cyclic N) is 1. The van der Waals surface area contributed by atoms with Crippen molar-refractivity contribution in [1.82, 2.24) is 9.55 Å². The second kappa shape index (κ2) is 6.21. The Bertz CT molecular complexity index is 979. The topological polar surface area (TPSA) is 98.6 Å². The van der Waals surface area contributed by atoms with Gasteiger partial charge in [0.15, 0.2) is 0 Å². The van der Waals surface area contributed by atoms with Crippen LogP contribution in [-0.2, 0) is 0 Å². The summed E-state index contributed by atoms with van der Waals surface area (Å²) in [6.07, 6.45) is 1.49. The lowest BCUT2D eigenvalue weighted by molar-refractivity contribution is 0.0546. The van der Waals surface area contributed by atoms with Crippen LogP contribution >= 0.6 is 0 Å². The van der Waals surface area contributed by atoms with E-state index in [2.05, 4.69) is 4.98 Å². The normalized spacial score (nSPS) is 23.6. The van der Waals surface area contributed by atoms with Gasteiger partial charge in [-0.05, 0) is 32.3 Å². The monoisotopic (exact) mass is 363 g/mol. The van der Waals surface area contributed by atoms with Gasteiger partial charge < -0.3 is 15.1 Å². The number of anilines is 1. The molecule has 4 rings (SSSR count). The summed E-state index contributed by atoms with van der Waals surface area (Å²) in [5.74, 6) is -0.765. The number of aryl methyl sites for hydroxylation is 1. The Hall–Kier alpha value is -2.19. The molecule has 2 fully saturated rings. The third kappa shape index (κ3) is 2.64. The lowest BCUT2D eigenvalue weighted by atomic mass is 9.93. The smallest absolute Gasteiger partial charge is 0.329 e. The van der Waals surface area contributed by atoms with E-state index in [1.165, 1.54) is 6.07 Å². The van der Waals surface area contributed by atoms with Gasteiger partial charge in [-0.3, -0.25) is 14.3 Å². The molecule has 1 aromatic heterocycles. The minimum atomic E-state index is -0.756. The molecule has 3 N–H and O–H groups in total. The lowest BCUT2D eigenvalue weighted by Gasteiger charge is -2.37. The molecule has 0 radical (unpaired) electrons. The Balaban J connectivity index is 1.90. The van der Waals surface area contributed by atoms with Crippen LogP contribution in [0.1, 0.15) is 30.9 Å². The molecule has 7 nitrogen and oxygen atoms in total. The van der Waals surface area contributed by atoms with Gasteiger partial charge in [-0.15, -0.1) is 0 Å². The van der Waals surface area contributed by atoms with Crippen molar-refractivity contribution < 1.29 is 14.6 Å². The van der Waals surface area contributed by atoms with Crippen molar-refractivity contribution >= 4 is 16.6 Å². The molecular formula is C18H22FN3O4. The quantitative estimate of drug-likeness (QED) is 0.744. The maximum absolute atomic E-state index is 14.9. The van der Waals surface area contributed by atoms with Crippen molar-refractivity contribution in [2.75, 3.05) is 24.6 Å². The summed E-state index contributed by atoms with van der Waals surface area (Å²) in [4.78, 5) is 28.6. The number of benzene rings is 1. The summed E-state index contributed by atoms with van der Waals surface area (Å²) in [6, 6.07) is 1.21. The SMILES string of the molecule is Cc1c(N2CCC(CO)C(O)C2)c(F)cc2c(=O)[nH]c(=O)n(C3CC3)c12. The summed E-state index contributed by atoms with van der Waals surface area (Å²) in [6.45, 7) is 2.29. The van der Waals surface area contributed by atoms with Gasteiger partial charge in [0.05, 0.1) is 22.7 Å². The maximum Gasteiger partial charge on any atom is 0.329 e. The highest BCUT2D eigenvalue weighted by Crippen LogP contribution is 2.38.